The molecule has 0 radical (unpaired) electrons. The maximum absolute atomic E-state index is 12.5. The highest BCUT2D eigenvalue weighted by molar-refractivity contribution is 5.94. The average Bonchev–Trinajstić information content (AvgIpc) is 2.60. The van der Waals surface area contributed by atoms with E-state index in [1.807, 2.05) is 21.9 Å². The number of methoxy groups -OCH3 is 1. The predicted molar refractivity (Wildman–Crippen MR) is 88.5 cm³/mol. The molecule has 0 saturated carbocycles. The van der Waals surface area contributed by atoms with Gasteiger partial charge in [-0.25, -0.2) is 0 Å². The maximum atomic E-state index is 12.5. The van der Waals surface area contributed by atoms with E-state index in [1.54, 1.807) is 25.3 Å². The number of nitrogens with one attached hydrogen (secondary N) is 1. The predicted octanol–water partition coefficient (Wildman–Crippen LogP) is 0.755. The molecule has 1 aliphatic heterocycles. The summed E-state index contributed by atoms with van der Waals surface area (Å²) in [6.07, 6.45) is 1.66. The van der Waals surface area contributed by atoms with Crippen molar-refractivity contribution in [2.45, 2.75) is 0 Å². The molecular weight excluding hydrogens is 294 g/mol. The van der Waals surface area contributed by atoms with Gasteiger partial charge in [0.25, 0.3) is 5.91 Å². The van der Waals surface area contributed by atoms with E-state index >= 15 is 0 Å². The number of carbonyl (C=O) groups is 2. The Morgan fingerprint density at radius 1 is 1.30 bits per heavy atom. The van der Waals surface area contributed by atoms with Crippen LogP contribution in [0.25, 0.3) is 0 Å². The molecule has 0 spiro atoms. The molecule has 1 N–H and O–H groups in total. The summed E-state index contributed by atoms with van der Waals surface area (Å²) < 4.78 is 5.15. The molecule has 1 fully saturated rings. The Labute approximate surface area is 136 Å². The SMILES string of the molecule is C=CCNC(=O)CN1CCN(C(=O)c2cccc(OC)c2)CC1. The molecule has 6 nitrogen and oxygen atoms in total. The third-order valence-electron chi connectivity index (χ3n) is 3.79. The van der Waals surface area contributed by atoms with E-state index in [1.165, 1.54) is 0 Å². The summed E-state index contributed by atoms with van der Waals surface area (Å²) in [5.41, 5.74) is 0.626. The van der Waals surface area contributed by atoms with Crippen LogP contribution in [0.1, 0.15) is 10.4 Å². The smallest absolute Gasteiger partial charge is 0.254 e. The van der Waals surface area contributed by atoms with Crippen molar-refractivity contribution in [3.63, 3.8) is 0 Å². The Morgan fingerprint density at radius 3 is 2.70 bits per heavy atom. The summed E-state index contributed by atoms with van der Waals surface area (Å²) >= 11 is 0. The van der Waals surface area contributed by atoms with E-state index in [0.717, 1.165) is 0 Å². The molecule has 0 atom stereocenters. The Morgan fingerprint density at radius 2 is 2.04 bits per heavy atom. The van der Waals surface area contributed by atoms with Crippen LogP contribution in [0.3, 0.4) is 0 Å². The highest BCUT2D eigenvalue weighted by Crippen LogP contribution is 2.15. The summed E-state index contributed by atoms with van der Waals surface area (Å²) in [6.45, 7) is 7.02. The van der Waals surface area contributed by atoms with Gasteiger partial charge in [-0.3, -0.25) is 14.5 Å². The minimum absolute atomic E-state index is 0.000316. The van der Waals surface area contributed by atoms with Crippen LogP contribution < -0.4 is 10.1 Å². The first-order valence-electron chi connectivity index (χ1n) is 7.67. The monoisotopic (exact) mass is 317 g/mol. The fourth-order valence-electron chi connectivity index (χ4n) is 2.49. The lowest BCUT2D eigenvalue weighted by molar-refractivity contribution is -0.122. The fourth-order valence-corrected chi connectivity index (χ4v) is 2.49. The molecule has 2 rings (SSSR count). The number of benzene rings is 1. The first-order valence-corrected chi connectivity index (χ1v) is 7.67. The van der Waals surface area contributed by atoms with E-state index in [4.69, 9.17) is 4.74 Å². The van der Waals surface area contributed by atoms with E-state index in [0.29, 0.717) is 50.6 Å². The standard InChI is InChI=1S/C17H23N3O3/c1-3-7-18-16(21)13-19-8-10-20(11-9-19)17(22)14-5-4-6-15(12-14)23-2/h3-6,12H,1,7-11,13H2,2H3,(H,18,21). The van der Waals surface area contributed by atoms with Crippen LogP contribution in [0, 0.1) is 0 Å². The van der Waals surface area contributed by atoms with Crippen molar-refractivity contribution in [3.05, 3.63) is 42.5 Å². The maximum Gasteiger partial charge on any atom is 0.254 e. The molecule has 1 aliphatic rings. The molecule has 6 heteroatoms. The molecule has 0 bridgehead atoms. The average molecular weight is 317 g/mol. The molecule has 0 unspecified atom stereocenters. The molecule has 23 heavy (non-hydrogen) atoms. The van der Waals surface area contributed by atoms with Crippen LogP contribution in [0.5, 0.6) is 5.75 Å². The highest BCUT2D eigenvalue weighted by Gasteiger charge is 2.23. The van der Waals surface area contributed by atoms with Gasteiger partial charge in [0, 0.05) is 38.3 Å². The molecule has 1 aromatic carbocycles. The number of carbonyl (C=O) groups excluding carboxylic acids is 2. The first-order chi connectivity index (χ1) is 11.1. The second-order valence-electron chi connectivity index (χ2n) is 5.39. The third-order valence-corrected chi connectivity index (χ3v) is 3.79. The van der Waals surface area contributed by atoms with Crippen molar-refractivity contribution in [2.75, 3.05) is 46.4 Å². The van der Waals surface area contributed by atoms with Gasteiger partial charge in [-0.05, 0) is 18.2 Å². The lowest BCUT2D eigenvalue weighted by Crippen LogP contribution is -2.51. The zero-order valence-corrected chi connectivity index (χ0v) is 13.5. The summed E-state index contributed by atoms with van der Waals surface area (Å²) in [6, 6.07) is 7.17. The second-order valence-corrected chi connectivity index (χ2v) is 5.39. The Bertz CT molecular complexity index is 566. The number of nitrogens with zero attached hydrogens (tertiary/aromatic N) is 2. The molecule has 1 saturated heterocycles. The molecule has 2 amide bonds. The normalized spacial score (nSPS) is 15.1. The zero-order chi connectivity index (χ0) is 16.7. The molecular formula is C17H23N3O3. The van der Waals surface area contributed by atoms with Crippen molar-refractivity contribution in [1.82, 2.24) is 15.1 Å². The molecule has 1 aromatic rings. The van der Waals surface area contributed by atoms with Gasteiger partial charge in [-0.15, -0.1) is 6.58 Å². The van der Waals surface area contributed by atoms with Gasteiger partial charge in [0.2, 0.25) is 5.91 Å². The molecule has 0 aliphatic carbocycles. The van der Waals surface area contributed by atoms with Gasteiger partial charge in [0.05, 0.1) is 13.7 Å². The number of ether oxygens (including phenoxy) is 1. The van der Waals surface area contributed by atoms with Gasteiger partial charge in [0.1, 0.15) is 5.75 Å². The van der Waals surface area contributed by atoms with Crippen molar-refractivity contribution in [1.29, 1.82) is 0 Å². The minimum atomic E-state index is -0.0162. The Hall–Kier alpha value is -2.34. The van der Waals surface area contributed by atoms with E-state index in [2.05, 4.69) is 11.9 Å². The lowest BCUT2D eigenvalue weighted by Gasteiger charge is -2.34. The topological polar surface area (TPSA) is 61.9 Å². The highest BCUT2D eigenvalue weighted by atomic mass is 16.5. The van der Waals surface area contributed by atoms with Crippen LogP contribution in [-0.4, -0.2) is 68.0 Å². The summed E-state index contributed by atoms with van der Waals surface area (Å²) in [5, 5.41) is 2.76. The van der Waals surface area contributed by atoms with Crippen LogP contribution in [-0.2, 0) is 4.79 Å². The molecule has 124 valence electrons. The fraction of sp³-hybridized carbons (Fsp3) is 0.412. The first kappa shape index (κ1) is 17.0. The number of hydrogen-bond donors (Lipinski definition) is 1. The number of piperazine rings is 1. The van der Waals surface area contributed by atoms with Crippen LogP contribution in [0.15, 0.2) is 36.9 Å². The zero-order valence-electron chi connectivity index (χ0n) is 13.5. The van der Waals surface area contributed by atoms with Crippen molar-refractivity contribution < 1.29 is 14.3 Å². The lowest BCUT2D eigenvalue weighted by atomic mass is 10.1. The van der Waals surface area contributed by atoms with Crippen LogP contribution in [0.2, 0.25) is 0 Å². The van der Waals surface area contributed by atoms with Crippen molar-refractivity contribution in [3.8, 4) is 5.75 Å². The van der Waals surface area contributed by atoms with Crippen LogP contribution in [0.4, 0.5) is 0 Å². The quantitative estimate of drug-likeness (QED) is 0.787. The van der Waals surface area contributed by atoms with E-state index in [-0.39, 0.29) is 11.8 Å². The Balaban J connectivity index is 1.84. The van der Waals surface area contributed by atoms with E-state index in [9.17, 15) is 9.59 Å². The minimum Gasteiger partial charge on any atom is -0.497 e. The largest absolute Gasteiger partial charge is 0.497 e. The van der Waals surface area contributed by atoms with E-state index < -0.39 is 0 Å². The van der Waals surface area contributed by atoms with Crippen molar-refractivity contribution >= 4 is 11.8 Å². The molecule has 1 heterocycles. The number of rotatable bonds is 6. The Kier molecular flexibility index (Phi) is 6.17. The van der Waals surface area contributed by atoms with Gasteiger partial charge >= 0.3 is 0 Å². The summed E-state index contributed by atoms with van der Waals surface area (Å²) in [7, 11) is 1.58. The van der Waals surface area contributed by atoms with Crippen molar-refractivity contribution in [2.24, 2.45) is 0 Å². The molecule has 0 aromatic heterocycles. The number of amides is 2. The van der Waals surface area contributed by atoms with Gasteiger partial charge in [0.15, 0.2) is 0 Å². The van der Waals surface area contributed by atoms with Gasteiger partial charge in [-0.2, -0.15) is 0 Å². The second kappa shape index (κ2) is 8.33. The van der Waals surface area contributed by atoms with Crippen LogP contribution >= 0.6 is 0 Å². The summed E-state index contributed by atoms with van der Waals surface area (Å²) in [4.78, 5) is 28.0. The third kappa shape index (κ3) is 4.82. The summed E-state index contributed by atoms with van der Waals surface area (Å²) in [5.74, 6) is 0.658. The van der Waals surface area contributed by atoms with Gasteiger partial charge < -0.3 is 15.0 Å². The van der Waals surface area contributed by atoms with Gasteiger partial charge in [-0.1, -0.05) is 12.1 Å². The number of hydrogen-bond acceptors (Lipinski definition) is 4.